The van der Waals surface area contributed by atoms with Crippen LogP contribution in [0.2, 0.25) is 10.0 Å². The number of hydrogen-bond donors (Lipinski definition) is 0. The summed E-state index contributed by atoms with van der Waals surface area (Å²) in [6.45, 7) is 0. The molecule has 2 rings (SSSR count). The van der Waals surface area contributed by atoms with E-state index in [9.17, 15) is 0 Å². The monoisotopic (exact) mass is 326 g/mol. The molecule has 0 aliphatic heterocycles. The highest BCUT2D eigenvalue weighted by Gasteiger charge is 2.06. The van der Waals surface area contributed by atoms with Crippen molar-refractivity contribution >= 4 is 30.9 Å². The van der Waals surface area contributed by atoms with Crippen molar-refractivity contribution in [2.45, 2.75) is 0 Å². The minimum Gasteiger partial charge on any atom is -0.528 e. The van der Waals surface area contributed by atoms with Gasteiger partial charge in [0, 0.05) is 12.1 Å². The number of hydrogen-bond acceptors (Lipinski definition) is 4. The van der Waals surface area contributed by atoms with Gasteiger partial charge in [-0.25, -0.2) is 0 Å². The van der Waals surface area contributed by atoms with Crippen LogP contribution in [0.3, 0.4) is 0 Å². The summed E-state index contributed by atoms with van der Waals surface area (Å²) in [5.41, 5.74) is 0. The van der Waals surface area contributed by atoms with Crippen LogP contribution in [-0.4, -0.2) is 21.9 Å². The van der Waals surface area contributed by atoms with Gasteiger partial charge in [0.15, 0.2) is 0 Å². The first kappa shape index (κ1) is 15.7. The second-order valence-electron chi connectivity index (χ2n) is 4.00. The minimum absolute atomic E-state index is 0.0373. The number of rotatable bonds is 6. The van der Waals surface area contributed by atoms with Gasteiger partial charge in [-0.05, 0) is 24.3 Å². The van der Waals surface area contributed by atoms with Crippen molar-refractivity contribution in [2.24, 2.45) is 0 Å². The Labute approximate surface area is 133 Å². The molecule has 2 aromatic rings. The Morgan fingerprint density at radius 2 is 1.19 bits per heavy atom. The first-order valence-corrected chi connectivity index (χ1v) is 6.82. The molecule has 0 unspecified atom stereocenters. The number of methoxy groups -OCH3 is 2. The average Bonchev–Trinajstić information content (AvgIpc) is 2.50. The molecule has 110 valence electrons. The van der Waals surface area contributed by atoms with Gasteiger partial charge in [0.05, 0.1) is 24.3 Å². The van der Waals surface area contributed by atoms with Crippen LogP contribution in [0.5, 0.6) is 23.0 Å². The molecule has 0 radical (unpaired) electrons. The molecule has 2 aromatic carbocycles. The summed E-state index contributed by atoms with van der Waals surface area (Å²) in [4.78, 5) is 0. The van der Waals surface area contributed by atoms with Crippen LogP contribution in [0.1, 0.15) is 0 Å². The molecule has 0 saturated heterocycles. The fourth-order valence-corrected chi connectivity index (χ4v) is 2.01. The second kappa shape index (κ2) is 7.34. The van der Waals surface area contributed by atoms with Crippen LogP contribution in [0.15, 0.2) is 36.4 Å². The molecule has 0 bridgehead atoms. The fourth-order valence-electron chi connectivity index (χ4n) is 1.63. The van der Waals surface area contributed by atoms with E-state index in [4.69, 9.17) is 42.0 Å². The van der Waals surface area contributed by atoms with E-state index >= 15 is 0 Å². The van der Waals surface area contributed by atoms with Gasteiger partial charge >= 0.3 is 7.69 Å². The molecule has 0 amide bonds. The Kier molecular flexibility index (Phi) is 5.48. The highest BCUT2D eigenvalue weighted by molar-refractivity contribution is 6.32. The van der Waals surface area contributed by atoms with Crippen molar-refractivity contribution in [3.05, 3.63) is 46.4 Å². The second-order valence-corrected chi connectivity index (χ2v) is 4.81. The smallest absolute Gasteiger partial charge is 0.528 e. The van der Waals surface area contributed by atoms with Gasteiger partial charge in [-0.15, -0.1) is 0 Å². The van der Waals surface area contributed by atoms with Crippen molar-refractivity contribution in [1.29, 1.82) is 0 Å². The van der Waals surface area contributed by atoms with E-state index < -0.39 is 0 Å². The van der Waals surface area contributed by atoms with Gasteiger partial charge in [0.2, 0.25) is 0 Å². The molecule has 4 nitrogen and oxygen atoms in total. The molecular weight excluding hydrogens is 314 g/mol. The SMILES string of the molecule is COc1cc(OBOc2ccc(Cl)c(OC)c2)ccc1Cl. The molecule has 0 fully saturated rings. The number of benzene rings is 2. The predicted octanol–water partition coefficient (Wildman–Crippen LogP) is 3.73. The predicted molar refractivity (Wildman–Crippen MR) is 84.4 cm³/mol. The molecule has 0 N–H and O–H groups in total. The van der Waals surface area contributed by atoms with Gasteiger partial charge < -0.3 is 18.8 Å². The first-order valence-electron chi connectivity index (χ1n) is 6.06. The summed E-state index contributed by atoms with van der Waals surface area (Å²) in [5, 5.41) is 1.04. The molecule has 0 aromatic heterocycles. The number of halogens is 2. The molecule has 0 heterocycles. The van der Waals surface area contributed by atoms with Crippen LogP contribution in [-0.2, 0) is 0 Å². The Morgan fingerprint density at radius 1 is 0.762 bits per heavy atom. The summed E-state index contributed by atoms with van der Waals surface area (Å²) in [5.74, 6) is 2.28. The third-order valence-electron chi connectivity index (χ3n) is 2.70. The standard InChI is InChI=1S/C14H13BCl2O4/c1-18-13-7-9(3-5-11(13)16)20-15-21-10-4-6-12(17)14(8-10)19-2/h3-8,15H,1-2H3. The van der Waals surface area contributed by atoms with E-state index in [1.807, 2.05) is 0 Å². The Balaban J connectivity index is 1.95. The van der Waals surface area contributed by atoms with Crippen molar-refractivity contribution < 1.29 is 18.8 Å². The molecule has 0 aliphatic carbocycles. The summed E-state index contributed by atoms with van der Waals surface area (Å²) >= 11 is 11.9. The Morgan fingerprint density at radius 3 is 1.57 bits per heavy atom. The van der Waals surface area contributed by atoms with E-state index in [0.717, 1.165) is 0 Å². The zero-order valence-electron chi connectivity index (χ0n) is 11.6. The maximum absolute atomic E-state index is 5.94. The van der Waals surface area contributed by atoms with Gasteiger partial charge in [0.1, 0.15) is 23.0 Å². The van der Waals surface area contributed by atoms with Crippen LogP contribution < -0.4 is 18.8 Å². The lowest BCUT2D eigenvalue weighted by Gasteiger charge is -2.10. The number of ether oxygens (including phenoxy) is 2. The van der Waals surface area contributed by atoms with Crippen LogP contribution >= 0.6 is 23.2 Å². The van der Waals surface area contributed by atoms with Crippen molar-refractivity contribution in [3.63, 3.8) is 0 Å². The van der Waals surface area contributed by atoms with E-state index in [1.165, 1.54) is 0 Å². The maximum atomic E-state index is 5.94. The first-order chi connectivity index (χ1) is 10.1. The van der Waals surface area contributed by atoms with Gasteiger partial charge in [-0.3, -0.25) is 0 Å². The van der Waals surface area contributed by atoms with Crippen LogP contribution in [0.25, 0.3) is 0 Å². The van der Waals surface area contributed by atoms with E-state index in [1.54, 1.807) is 50.6 Å². The van der Waals surface area contributed by atoms with Gasteiger partial charge in [-0.2, -0.15) is 0 Å². The molecule has 0 spiro atoms. The molecule has 21 heavy (non-hydrogen) atoms. The fraction of sp³-hybridized carbons (Fsp3) is 0.143. The Bertz CT molecular complexity index is 568. The summed E-state index contributed by atoms with van der Waals surface area (Å²) in [7, 11) is 3.12. The summed E-state index contributed by atoms with van der Waals surface area (Å²) < 4.78 is 21.2. The largest absolute Gasteiger partial charge is 0.576 e. The lowest BCUT2D eigenvalue weighted by Crippen LogP contribution is -2.11. The van der Waals surface area contributed by atoms with Gasteiger partial charge in [-0.1, -0.05) is 23.2 Å². The molecule has 7 heteroatoms. The normalized spacial score (nSPS) is 9.90. The highest BCUT2D eigenvalue weighted by atomic mass is 35.5. The average molecular weight is 327 g/mol. The van der Waals surface area contributed by atoms with E-state index in [0.29, 0.717) is 33.0 Å². The highest BCUT2D eigenvalue weighted by Crippen LogP contribution is 2.30. The molecule has 0 saturated carbocycles. The zero-order chi connectivity index (χ0) is 15.2. The molecule has 0 atom stereocenters. The van der Waals surface area contributed by atoms with Crippen LogP contribution in [0.4, 0.5) is 0 Å². The summed E-state index contributed by atoms with van der Waals surface area (Å²) in [6, 6.07) is 10.2. The summed E-state index contributed by atoms with van der Waals surface area (Å²) in [6.07, 6.45) is 0. The molecular formula is C14H13BCl2O4. The Hall–Kier alpha value is -1.72. The zero-order valence-corrected chi connectivity index (χ0v) is 13.1. The van der Waals surface area contributed by atoms with Crippen molar-refractivity contribution in [2.75, 3.05) is 14.2 Å². The van der Waals surface area contributed by atoms with Gasteiger partial charge in [0.25, 0.3) is 0 Å². The van der Waals surface area contributed by atoms with Crippen molar-refractivity contribution in [1.82, 2.24) is 0 Å². The minimum atomic E-state index is 0.0373. The van der Waals surface area contributed by atoms with E-state index in [-0.39, 0.29) is 7.69 Å². The van der Waals surface area contributed by atoms with E-state index in [2.05, 4.69) is 0 Å². The molecule has 0 aliphatic rings. The maximum Gasteiger partial charge on any atom is 0.576 e. The van der Waals surface area contributed by atoms with Crippen LogP contribution in [0, 0.1) is 0 Å². The quantitative estimate of drug-likeness (QED) is 0.758. The topological polar surface area (TPSA) is 36.9 Å². The lowest BCUT2D eigenvalue weighted by molar-refractivity contribution is 0.406. The lowest BCUT2D eigenvalue weighted by atomic mass is 10.2. The van der Waals surface area contributed by atoms with Crippen molar-refractivity contribution in [3.8, 4) is 23.0 Å². The third kappa shape index (κ3) is 4.13. The third-order valence-corrected chi connectivity index (χ3v) is 3.32.